The standard InChI is InChI=1S/C19H16ClFN6O2/c20-11-8-14-10(6-12(11)21)7-17(18(22)26-14)29-9-15-16(27-5-1-4-24-27)3-2-13(25-15)19(23)28/h1-3,5-8,24H,4,9H2,(H2,22,26)(H2,23,28). The molecule has 29 heavy (non-hydrogen) atoms. The molecule has 1 amide bonds. The molecule has 1 aliphatic rings. The summed E-state index contributed by atoms with van der Waals surface area (Å²) in [5.74, 6) is -0.850. The first-order chi connectivity index (χ1) is 13.9. The number of nitrogen functional groups attached to an aromatic ring is 1. The molecule has 5 N–H and O–H groups in total. The number of nitrogens with two attached hydrogens (primary N) is 2. The topological polar surface area (TPSA) is 119 Å². The molecule has 0 bridgehead atoms. The van der Waals surface area contributed by atoms with Crippen molar-refractivity contribution < 1.29 is 13.9 Å². The Hall–Kier alpha value is -3.43. The number of amides is 1. The van der Waals surface area contributed by atoms with Crippen molar-refractivity contribution in [3.63, 3.8) is 0 Å². The minimum atomic E-state index is -0.651. The van der Waals surface area contributed by atoms with Crippen molar-refractivity contribution in [1.82, 2.24) is 15.4 Å². The molecule has 4 rings (SSSR count). The number of hydrogen-bond donors (Lipinski definition) is 3. The van der Waals surface area contributed by atoms with E-state index in [9.17, 15) is 9.18 Å². The minimum Gasteiger partial charge on any atom is -0.483 e. The molecule has 0 radical (unpaired) electrons. The fourth-order valence-corrected chi connectivity index (χ4v) is 3.07. The summed E-state index contributed by atoms with van der Waals surface area (Å²) in [5, 5.41) is 2.20. The molecule has 2 aromatic heterocycles. The van der Waals surface area contributed by atoms with Crippen molar-refractivity contribution in [2.45, 2.75) is 6.61 Å². The van der Waals surface area contributed by atoms with Gasteiger partial charge in [-0.15, -0.1) is 0 Å². The Labute approximate surface area is 169 Å². The van der Waals surface area contributed by atoms with Gasteiger partial charge in [-0.25, -0.2) is 19.8 Å². The summed E-state index contributed by atoms with van der Waals surface area (Å²) in [4.78, 5) is 20.0. The lowest BCUT2D eigenvalue weighted by Crippen LogP contribution is -2.30. The smallest absolute Gasteiger partial charge is 0.267 e. The molecule has 0 fully saturated rings. The second-order valence-corrected chi connectivity index (χ2v) is 6.67. The van der Waals surface area contributed by atoms with Gasteiger partial charge in [0.2, 0.25) is 0 Å². The third kappa shape index (κ3) is 3.78. The van der Waals surface area contributed by atoms with Gasteiger partial charge in [0, 0.05) is 18.1 Å². The van der Waals surface area contributed by atoms with Gasteiger partial charge in [-0.05, 0) is 30.3 Å². The predicted octanol–water partition coefficient (Wildman–Crippen LogP) is 2.52. The molecule has 0 aliphatic carbocycles. The minimum absolute atomic E-state index is 0.0179. The first kappa shape index (κ1) is 18.9. The van der Waals surface area contributed by atoms with E-state index in [1.807, 2.05) is 12.3 Å². The Morgan fingerprint density at radius 3 is 2.86 bits per heavy atom. The molecule has 0 unspecified atom stereocenters. The van der Waals surface area contributed by atoms with Crippen molar-refractivity contribution in [3.05, 3.63) is 64.8 Å². The maximum atomic E-state index is 13.8. The highest BCUT2D eigenvalue weighted by molar-refractivity contribution is 6.31. The van der Waals surface area contributed by atoms with Crippen LogP contribution in [0.2, 0.25) is 5.02 Å². The highest BCUT2D eigenvalue weighted by atomic mass is 35.5. The van der Waals surface area contributed by atoms with Crippen molar-refractivity contribution >= 4 is 39.9 Å². The van der Waals surface area contributed by atoms with Crippen LogP contribution in [0.3, 0.4) is 0 Å². The lowest BCUT2D eigenvalue weighted by atomic mass is 10.2. The molecular formula is C19H16ClFN6O2. The number of rotatable bonds is 5. The molecule has 148 valence electrons. The quantitative estimate of drug-likeness (QED) is 0.586. The Bertz CT molecular complexity index is 1150. The van der Waals surface area contributed by atoms with Gasteiger partial charge < -0.3 is 16.2 Å². The molecule has 0 atom stereocenters. The molecule has 8 nitrogen and oxygen atoms in total. The highest BCUT2D eigenvalue weighted by Crippen LogP contribution is 2.30. The Balaban J connectivity index is 1.66. The van der Waals surface area contributed by atoms with E-state index in [4.69, 9.17) is 27.8 Å². The Morgan fingerprint density at radius 1 is 1.31 bits per heavy atom. The van der Waals surface area contributed by atoms with E-state index < -0.39 is 11.7 Å². The number of pyridine rings is 2. The Kier molecular flexibility index (Phi) is 4.91. The van der Waals surface area contributed by atoms with E-state index in [0.29, 0.717) is 28.8 Å². The fourth-order valence-electron chi connectivity index (χ4n) is 2.91. The summed E-state index contributed by atoms with van der Waals surface area (Å²) in [6.07, 6.45) is 3.76. The molecular weight excluding hydrogens is 399 g/mol. The van der Waals surface area contributed by atoms with Crippen LogP contribution in [-0.4, -0.2) is 22.4 Å². The van der Waals surface area contributed by atoms with Crippen LogP contribution in [0.4, 0.5) is 15.9 Å². The molecule has 3 aromatic rings. The van der Waals surface area contributed by atoms with Crippen LogP contribution in [-0.2, 0) is 6.61 Å². The van der Waals surface area contributed by atoms with Crippen molar-refractivity contribution in [1.29, 1.82) is 0 Å². The predicted molar refractivity (Wildman–Crippen MR) is 108 cm³/mol. The molecule has 0 saturated carbocycles. The molecule has 10 heteroatoms. The number of anilines is 2. The summed E-state index contributed by atoms with van der Waals surface area (Å²) in [6.45, 7) is 0.642. The number of carbonyl (C=O) groups is 1. The summed E-state index contributed by atoms with van der Waals surface area (Å²) < 4.78 is 19.6. The number of benzene rings is 1. The summed E-state index contributed by atoms with van der Waals surface area (Å²) in [6, 6.07) is 7.48. The zero-order chi connectivity index (χ0) is 20.5. The van der Waals surface area contributed by atoms with E-state index in [-0.39, 0.29) is 28.9 Å². The number of carbonyl (C=O) groups excluding carboxylic acids is 1. The monoisotopic (exact) mass is 414 g/mol. The Morgan fingerprint density at radius 2 is 2.14 bits per heavy atom. The number of halogens is 2. The van der Waals surface area contributed by atoms with Crippen LogP contribution in [0.1, 0.15) is 16.2 Å². The van der Waals surface area contributed by atoms with Gasteiger partial charge in [0.15, 0.2) is 11.6 Å². The summed E-state index contributed by atoms with van der Waals surface area (Å²) in [5.41, 5.74) is 16.2. The number of hydrazine groups is 1. The number of ether oxygens (including phenoxy) is 1. The van der Waals surface area contributed by atoms with Crippen LogP contribution in [0.15, 0.2) is 42.6 Å². The van der Waals surface area contributed by atoms with Gasteiger partial charge in [0.05, 0.1) is 16.2 Å². The van der Waals surface area contributed by atoms with E-state index in [1.165, 1.54) is 18.2 Å². The number of nitrogens with one attached hydrogen (secondary N) is 1. The fraction of sp³-hybridized carbons (Fsp3) is 0.105. The van der Waals surface area contributed by atoms with Crippen LogP contribution >= 0.6 is 11.6 Å². The van der Waals surface area contributed by atoms with E-state index in [2.05, 4.69) is 15.4 Å². The third-order valence-corrected chi connectivity index (χ3v) is 4.60. The van der Waals surface area contributed by atoms with Crippen LogP contribution in [0.5, 0.6) is 5.75 Å². The molecule has 0 spiro atoms. The number of aromatic nitrogens is 2. The first-order valence-corrected chi connectivity index (χ1v) is 8.97. The van der Waals surface area contributed by atoms with Gasteiger partial charge in [-0.2, -0.15) is 0 Å². The SMILES string of the molecule is NC(=O)c1ccc(N2C=CCN2)c(COc2cc3cc(F)c(Cl)cc3nc2N)n1. The number of nitrogens with zero attached hydrogens (tertiary/aromatic N) is 3. The van der Waals surface area contributed by atoms with E-state index in [0.717, 1.165) is 0 Å². The maximum absolute atomic E-state index is 13.8. The number of hydrogen-bond acceptors (Lipinski definition) is 7. The van der Waals surface area contributed by atoms with E-state index in [1.54, 1.807) is 17.1 Å². The second-order valence-electron chi connectivity index (χ2n) is 6.26. The number of primary amides is 1. The molecule has 1 aromatic carbocycles. The van der Waals surface area contributed by atoms with Crippen LogP contribution < -0.4 is 26.6 Å². The third-order valence-electron chi connectivity index (χ3n) is 4.31. The number of fused-ring (bicyclic) bond motifs is 1. The van der Waals surface area contributed by atoms with Gasteiger partial charge in [0.25, 0.3) is 5.91 Å². The van der Waals surface area contributed by atoms with Gasteiger partial charge in [-0.3, -0.25) is 9.80 Å². The van der Waals surface area contributed by atoms with Gasteiger partial charge in [-0.1, -0.05) is 17.7 Å². The second kappa shape index (κ2) is 7.53. The van der Waals surface area contributed by atoms with Crippen molar-refractivity contribution in [2.24, 2.45) is 5.73 Å². The zero-order valence-corrected chi connectivity index (χ0v) is 15.8. The summed E-state index contributed by atoms with van der Waals surface area (Å²) in [7, 11) is 0. The lowest BCUT2D eigenvalue weighted by molar-refractivity contribution is 0.0995. The molecule has 1 aliphatic heterocycles. The van der Waals surface area contributed by atoms with Crippen LogP contribution in [0, 0.1) is 5.82 Å². The lowest BCUT2D eigenvalue weighted by Gasteiger charge is -2.20. The molecule has 3 heterocycles. The average molecular weight is 415 g/mol. The van der Waals surface area contributed by atoms with Crippen molar-refractivity contribution in [2.75, 3.05) is 17.3 Å². The van der Waals surface area contributed by atoms with Crippen LogP contribution in [0.25, 0.3) is 10.9 Å². The maximum Gasteiger partial charge on any atom is 0.267 e. The van der Waals surface area contributed by atoms with E-state index >= 15 is 0 Å². The average Bonchev–Trinajstić information content (AvgIpc) is 3.22. The van der Waals surface area contributed by atoms with Crippen molar-refractivity contribution in [3.8, 4) is 5.75 Å². The highest BCUT2D eigenvalue weighted by Gasteiger charge is 2.17. The van der Waals surface area contributed by atoms with Gasteiger partial charge >= 0.3 is 0 Å². The molecule has 0 saturated heterocycles. The van der Waals surface area contributed by atoms with Gasteiger partial charge in [0.1, 0.15) is 23.8 Å². The first-order valence-electron chi connectivity index (χ1n) is 8.59. The largest absolute Gasteiger partial charge is 0.483 e. The zero-order valence-electron chi connectivity index (χ0n) is 15.0. The summed E-state index contributed by atoms with van der Waals surface area (Å²) >= 11 is 5.79. The normalized spacial score (nSPS) is 13.2.